The summed E-state index contributed by atoms with van der Waals surface area (Å²) in [5, 5.41) is 32.4. The molecule has 3 unspecified atom stereocenters. The van der Waals surface area contributed by atoms with E-state index in [0.717, 1.165) is 70.6 Å². The lowest BCUT2D eigenvalue weighted by atomic mass is 9.76. The Morgan fingerprint density at radius 1 is 0.426 bits per heavy atom. The van der Waals surface area contributed by atoms with Crippen LogP contribution < -0.4 is 0 Å². The van der Waals surface area contributed by atoms with Crippen LogP contribution in [0.3, 0.4) is 0 Å². The van der Waals surface area contributed by atoms with E-state index in [1.165, 1.54) is 167 Å². The molecule has 360 valence electrons. The molecule has 0 heterocycles. The highest BCUT2D eigenvalue weighted by molar-refractivity contribution is 6.17. The van der Waals surface area contributed by atoms with Crippen LogP contribution in [0.4, 0.5) is 0 Å². The number of rotatable bonds is 50. The topological polar surface area (TPSA) is 112 Å². The second kappa shape index (κ2) is 45.2. The van der Waals surface area contributed by atoms with Crippen LogP contribution in [0.5, 0.6) is 0 Å². The van der Waals surface area contributed by atoms with Crippen molar-refractivity contribution in [1.29, 1.82) is 0 Å². The minimum atomic E-state index is -2.76. The van der Waals surface area contributed by atoms with Crippen LogP contribution in [0.1, 0.15) is 297 Å². The Morgan fingerprint density at radius 2 is 0.721 bits per heavy atom. The molecule has 0 spiro atoms. The first kappa shape index (κ1) is 59.6. The van der Waals surface area contributed by atoms with Gasteiger partial charge in [0.2, 0.25) is 5.60 Å². The van der Waals surface area contributed by atoms with Crippen molar-refractivity contribution in [2.24, 2.45) is 5.92 Å². The normalized spacial score (nSPS) is 13.8. The summed E-state index contributed by atoms with van der Waals surface area (Å²) >= 11 is 0. The molecule has 0 aromatic rings. The van der Waals surface area contributed by atoms with E-state index in [-0.39, 0.29) is 25.0 Å². The predicted molar refractivity (Wildman–Crippen MR) is 261 cm³/mol. The number of aliphatic hydroxyl groups is 3. The molecule has 0 amide bonds. The number of Topliss-reactive ketones (excluding diaryl/α,β-unsaturated/α-hetero) is 3. The molecule has 0 aromatic carbocycles. The first-order chi connectivity index (χ1) is 29.8. The summed E-state index contributed by atoms with van der Waals surface area (Å²) in [6.45, 7) is 5.84. The highest BCUT2D eigenvalue weighted by Gasteiger charge is 2.52. The zero-order valence-electron chi connectivity index (χ0n) is 41.0. The second-order valence-electron chi connectivity index (χ2n) is 19.0. The Bertz CT molecular complexity index is 1010. The third kappa shape index (κ3) is 33.8. The van der Waals surface area contributed by atoms with Crippen molar-refractivity contribution < 1.29 is 29.7 Å². The molecule has 3 N–H and O–H groups in total. The van der Waals surface area contributed by atoms with Crippen LogP contribution in [0.2, 0.25) is 0 Å². The number of carbonyl (C=O) groups excluding carboxylic acids is 3. The van der Waals surface area contributed by atoms with Gasteiger partial charge in [-0.1, -0.05) is 251 Å². The van der Waals surface area contributed by atoms with Gasteiger partial charge < -0.3 is 15.3 Å². The van der Waals surface area contributed by atoms with Crippen LogP contribution in [0.25, 0.3) is 0 Å². The Balaban J connectivity index is 4.99. The second-order valence-corrected chi connectivity index (χ2v) is 19.0. The molecule has 0 aliphatic heterocycles. The van der Waals surface area contributed by atoms with E-state index in [1.807, 2.05) is 0 Å². The molecule has 0 fully saturated rings. The molecule has 0 rings (SSSR count). The molecule has 0 saturated carbocycles. The van der Waals surface area contributed by atoms with E-state index in [4.69, 9.17) is 0 Å². The summed E-state index contributed by atoms with van der Waals surface area (Å²) in [6.07, 6.45) is 50.0. The minimum absolute atomic E-state index is 0.0505. The van der Waals surface area contributed by atoms with Crippen molar-refractivity contribution in [2.45, 2.75) is 309 Å². The number of allylic oxidation sites excluding steroid dienone is 2. The summed E-state index contributed by atoms with van der Waals surface area (Å²) in [5.41, 5.74) is -2.76. The molecular formula is C55H104O6. The number of hydrogen-bond acceptors (Lipinski definition) is 6. The maximum absolute atomic E-state index is 14.1. The molecule has 6 heteroatoms. The van der Waals surface area contributed by atoms with Gasteiger partial charge in [0.05, 0.1) is 12.5 Å². The van der Waals surface area contributed by atoms with Gasteiger partial charge in [-0.3, -0.25) is 14.4 Å². The van der Waals surface area contributed by atoms with Crippen molar-refractivity contribution in [3.05, 3.63) is 12.2 Å². The van der Waals surface area contributed by atoms with Crippen molar-refractivity contribution in [3.63, 3.8) is 0 Å². The molecular weight excluding hydrogens is 757 g/mol. The average molecular weight is 861 g/mol. The van der Waals surface area contributed by atoms with E-state index in [1.54, 1.807) is 0 Å². The van der Waals surface area contributed by atoms with Crippen molar-refractivity contribution in [1.82, 2.24) is 0 Å². The van der Waals surface area contributed by atoms with Gasteiger partial charge in [-0.05, 0) is 44.9 Å². The average Bonchev–Trinajstić information content (AvgIpc) is 3.26. The smallest absolute Gasteiger partial charge is 0.210 e. The quantitative estimate of drug-likeness (QED) is 0.0319. The fraction of sp³-hybridized carbons (Fsp3) is 0.909. The molecule has 0 aliphatic rings. The third-order valence-corrected chi connectivity index (χ3v) is 13.2. The van der Waals surface area contributed by atoms with Crippen LogP contribution in [0.15, 0.2) is 12.2 Å². The van der Waals surface area contributed by atoms with Gasteiger partial charge in [0.1, 0.15) is 11.9 Å². The van der Waals surface area contributed by atoms with Crippen LogP contribution in [-0.2, 0) is 14.4 Å². The number of aliphatic hydroxyl groups excluding tert-OH is 2. The standard InChI is InChI=1S/C55H104O6/c1-4-7-10-13-16-19-22-25-27-30-32-35-38-41-44-47-51(57)50(46-43-40-37-34-31-29-26-23-20-17-14-11-8-5-2)54(60)55(61,53(59)49-56)52(58)48-45-42-39-36-33-28-24-21-18-15-12-9-6-3/h25,27,50,53,56,59,61H,4-24,26,28-49H2,1-3H3/b27-25-. The van der Waals surface area contributed by atoms with Gasteiger partial charge in [-0.25, -0.2) is 0 Å². The fourth-order valence-electron chi connectivity index (χ4n) is 8.90. The lowest BCUT2D eigenvalue weighted by Gasteiger charge is -2.32. The van der Waals surface area contributed by atoms with E-state index in [0.29, 0.717) is 19.3 Å². The van der Waals surface area contributed by atoms with E-state index >= 15 is 0 Å². The molecule has 0 aromatic heterocycles. The summed E-state index contributed by atoms with van der Waals surface area (Å²) in [4.78, 5) is 41.5. The van der Waals surface area contributed by atoms with Crippen LogP contribution in [-0.4, -0.2) is 51.0 Å². The lowest BCUT2D eigenvalue weighted by molar-refractivity contribution is -0.170. The van der Waals surface area contributed by atoms with E-state index in [2.05, 4.69) is 32.9 Å². The monoisotopic (exact) mass is 861 g/mol. The first-order valence-electron chi connectivity index (χ1n) is 27.1. The van der Waals surface area contributed by atoms with Crippen LogP contribution >= 0.6 is 0 Å². The van der Waals surface area contributed by atoms with Crippen molar-refractivity contribution in [2.75, 3.05) is 6.61 Å². The largest absolute Gasteiger partial charge is 0.394 e. The Kier molecular flexibility index (Phi) is 44.2. The van der Waals surface area contributed by atoms with Gasteiger partial charge in [0.15, 0.2) is 11.6 Å². The molecule has 61 heavy (non-hydrogen) atoms. The highest BCUT2D eigenvalue weighted by atomic mass is 16.4. The molecule has 0 saturated heterocycles. The highest BCUT2D eigenvalue weighted by Crippen LogP contribution is 2.28. The van der Waals surface area contributed by atoms with Crippen LogP contribution in [0, 0.1) is 5.92 Å². The Labute approximate surface area is 379 Å². The molecule has 3 atom stereocenters. The third-order valence-electron chi connectivity index (χ3n) is 13.2. The Morgan fingerprint density at radius 3 is 1.07 bits per heavy atom. The van der Waals surface area contributed by atoms with Gasteiger partial charge in [-0.2, -0.15) is 0 Å². The van der Waals surface area contributed by atoms with E-state index in [9.17, 15) is 29.7 Å². The van der Waals surface area contributed by atoms with Gasteiger partial charge in [0.25, 0.3) is 0 Å². The lowest BCUT2D eigenvalue weighted by Crippen LogP contribution is -2.60. The van der Waals surface area contributed by atoms with Gasteiger partial charge in [-0.15, -0.1) is 0 Å². The number of hydrogen-bond donors (Lipinski definition) is 3. The molecule has 0 bridgehead atoms. The number of carbonyl (C=O) groups is 3. The predicted octanol–water partition coefficient (Wildman–Crippen LogP) is 15.8. The zero-order valence-corrected chi connectivity index (χ0v) is 41.0. The number of ketones is 3. The van der Waals surface area contributed by atoms with Crippen molar-refractivity contribution >= 4 is 17.3 Å². The fourth-order valence-corrected chi connectivity index (χ4v) is 8.90. The molecule has 0 aliphatic carbocycles. The molecule has 0 radical (unpaired) electrons. The number of unbranched alkanes of at least 4 members (excludes halogenated alkanes) is 36. The SMILES string of the molecule is CCCCCCCC/C=C\CCCCCCCC(=O)C(CCCCCCCCCCCCCCCC)C(=O)C(O)(C(=O)CCCCCCCCCCCCCCC)C(O)CO. The Hall–Kier alpha value is -1.37. The summed E-state index contributed by atoms with van der Waals surface area (Å²) < 4.78 is 0. The van der Waals surface area contributed by atoms with Gasteiger partial charge >= 0.3 is 0 Å². The maximum Gasteiger partial charge on any atom is 0.210 e. The summed E-state index contributed by atoms with van der Waals surface area (Å²) in [6, 6.07) is 0. The summed E-state index contributed by atoms with van der Waals surface area (Å²) in [7, 11) is 0. The van der Waals surface area contributed by atoms with Gasteiger partial charge in [0, 0.05) is 12.8 Å². The minimum Gasteiger partial charge on any atom is -0.394 e. The maximum atomic E-state index is 14.1. The van der Waals surface area contributed by atoms with E-state index < -0.39 is 35.8 Å². The zero-order chi connectivity index (χ0) is 44.9. The molecule has 6 nitrogen and oxygen atoms in total. The van der Waals surface area contributed by atoms with Crippen molar-refractivity contribution in [3.8, 4) is 0 Å². The first-order valence-corrected chi connectivity index (χ1v) is 27.1. The summed E-state index contributed by atoms with van der Waals surface area (Å²) in [5.74, 6) is -3.05.